The first kappa shape index (κ1) is 16.3. The molecule has 0 unspecified atom stereocenters. The smallest absolute Gasteiger partial charge is 0.242 e. The number of benzene rings is 2. The molecule has 0 aliphatic carbocycles. The number of carbonyl (C=O) groups is 1. The van der Waals surface area contributed by atoms with E-state index in [9.17, 15) is 4.79 Å². The molecule has 0 spiro atoms. The third-order valence-electron chi connectivity index (χ3n) is 4.84. The maximum Gasteiger partial charge on any atom is 0.242 e. The van der Waals surface area contributed by atoms with Gasteiger partial charge in [0.05, 0.1) is 6.54 Å². The van der Waals surface area contributed by atoms with E-state index in [4.69, 9.17) is 0 Å². The molecule has 132 valence electrons. The fourth-order valence-corrected chi connectivity index (χ4v) is 3.41. The van der Waals surface area contributed by atoms with Crippen LogP contribution in [-0.2, 0) is 17.8 Å². The summed E-state index contributed by atoms with van der Waals surface area (Å²) in [6, 6.07) is 17.9. The van der Waals surface area contributed by atoms with Gasteiger partial charge in [-0.3, -0.25) is 9.36 Å². The van der Waals surface area contributed by atoms with Crippen molar-refractivity contribution in [1.29, 1.82) is 0 Å². The van der Waals surface area contributed by atoms with Crippen molar-refractivity contribution in [2.24, 2.45) is 0 Å². The highest BCUT2D eigenvalue weighted by molar-refractivity contribution is 5.85. The van der Waals surface area contributed by atoms with Gasteiger partial charge in [0.2, 0.25) is 5.91 Å². The number of para-hydroxylation sites is 2. The van der Waals surface area contributed by atoms with Crippen molar-refractivity contribution in [2.75, 3.05) is 11.4 Å². The van der Waals surface area contributed by atoms with E-state index in [1.165, 1.54) is 5.56 Å². The number of carbonyl (C=O) groups excluding carboxylic acids is 1. The molecule has 6 heteroatoms. The highest BCUT2D eigenvalue weighted by Crippen LogP contribution is 2.29. The van der Waals surface area contributed by atoms with Crippen LogP contribution in [0.3, 0.4) is 0 Å². The van der Waals surface area contributed by atoms with E-state index in [2.05, 4.69) is 32.5 Å². The van der Waals surface area contributed by atoms with Crippen LogP contribution in [0.25, 0.3) is 5.69 Å². The largest absolute Gasteiger partial charge is 0.359 e. The molecule has 1 N–H and O–H groups in total. The monoisotopic (exact) mass is 347 g/mol. The van der Waals surface area contributed by atoms with Gasteiger partial charge < -0.3 is 10.2 Å². The first-order valence-electron chi connectivity index (χ1n) is 8.80. The van der Waals surface area contributed by atoms with Gasteiger partial charge >= 0.3 is 0 Å². The first-order chi connectivity index (χ1) is 12.7. The molecule has 0 radical (unpaired) electrons. The SMILES string of the molecule is C[C@H](C(=O)NCc1nncn1-c1ccccc1)N1CCc2ccccc21. The van der Waals surface area contributed by atoms with Gasteiger partial charge in [0.15, 0.2) is 5.82 Å². The normalized spacial score (nSPS) is 14.1. The van der Waals surface area contributed by atoms with Gasteiger partial charge in [-0.2, -0.15) is 0 Å². The zero-order valence-electron chi connectivity index (χ0n) is 14.7. The van der Waals surface area contributed by atoms with Crippen LogP contribution >= 0.6 is 0 Å². The van der Waals surface area contributed by atoms with Crippen LogP contribution in [0.2, 0.25) is 0 Å². The van der Waals surface area contributed by atoms with Gasteiger partial charge in [-0.1, -0.05) is 36.4 Å². The van der Waals surface area contributed by atoms with E-state index in [0.29, 0.717) is 12.4 Å². The molecule has 2 aromatic carbocycles. The molecule has 0 bridgehead atoms. The van der Waals surface area contributed by atoms with Gasteiger partial charge in [0.1, 0.15) is 12.4 Å². The number of amides is 1. The minimum absolute atomic E-state index is 0.00989. The lowest BCUT2D eigenvalue weighted by molar-refractivity contribution is -0.122. The Balaban J connectivity index is 1.43. The van der Waals surface area contributed by atoms with E-state index in [1.54, 1.807) is 6.33 Å². The Morgan fingerprint density at radius 2 is 1.92 bits per heavy atom. The van der Waals surface area contributed by atoms with Crippen LogP contribution < -0.4 is 10.2 Å². The van der Waals surface area contributed by atoms with E-state index in [-0.39, 0.29) is 11.9 Å². The molecule has 2 heterocycles. The second-order valence-corrected chi connectivity index (χ2v) is 6.42. The lowest BCUT2D eigenvalue weighted by atomic mass is 10.1. The molecule has 1 amide bonds. The molecule has 4 rings (SSSR count). The van der Waals surface area contributed by atoms with Gasteiger partial charge in [0, 0.05) is 17.9 Å². The van der Waals surface area contributed by atoms with Crippen LogP contribution in [0.5, 0.6) is 0 Å². The minimum atomic E-state index is -0.230. The number of aromatic nitrogens is 3. The average Bonchev–Trinajstić information content (AvgIpc) is 3.33. The lowest BCUT2D eigenvalue weighted by Gasteiger charge is -2.26. The van der Waals surface area contributed by atoms with E-state index >= 15 is 0 Å². The molecule has 1 atom stereocenters. The number of nitrogens with one attached hydrogen (secondary N) is 1. The van der Waals surface area contributed by atoms with Gasteiger partial charge in [-0.15, -0.1) is 10.2 Å². The van der Waals surface area contributed by atoms with Gasteiger partial charge in [-0.25, -0.2) is 0 Å². The van der Waals surface area contributed by atoms with Crippen LogP contribution in [0.15, 0.2) is 60.9 Å². The summed E-state index contributed by atoms with van der Waals surface area (Å²) in [7, 11) is 0. The first-order valence-corrected chi connectivity index (χ1v) is 8.80. The van der Waals surface area contributed by atoms with Crippen molar-refractivity contribution >= 4 is 11.6 Å². The molecule has 26 heavy (non-hydrogen) atoms. The fraction of sp³-hybridized carbons (Fsp3) is 0.250. The average molecular weight is 347 g/mol. The third kappa shape index (κ3) is 3.06. The summed E-state index contributed by atoms with van der Waals surface area (Å²) in [5.41, 5.74) is 3.43. The van der Waals surface area contributed by atoms with Crippen LogP contribution in [-0.4, -0.2) is 33.3 Å². The Bertz CT molecular complexity index is 905. The Kier molecular flexibility index (Phi) is 4.39. The number of rotatable bonds is 5. The maximum atomic E-state index is 12.7. The Morgan fingerprint density at radius 1 is 1.15 bits per heavy atom. The Morgan fingerprint density at radius 3 is 2.77 bits per heavy atom. The standard InChI is InChI=1S/C20H21N5O/c1-15(24-12-11-16-7-5-6-10-18(16)24)20(26)21-13-19-23-22-14-25(19)17-8-3-2-4-9-17/h2-10,14-15H,11-13H2,1H3,(H,21,26)/t15-/m1/s1. The summed E-state index contributed by atoms with van der Waals surface area (Å²) in [5, 5.41) is 11.1. The van der Waals surface area contributed by atoms with Gasteiger partial charge in [0.25, 0.3) is 0 Å². The predicted molar refractivity (Wildman–Crippen MR) is 100 cm³/mol. The quantitative estimate of drug-likeness (QED) is 0.769. The summed E-state index contributed by atoms with van der Waals surface area (Å²) in [5.74, 6) is 0.697. The summed E-state index contributed by atoms with van der Waals surface area (Å²) in [4.78, 5) is 14.8. The summed E-state index contributed by atoms with van der Waals surface area (Å²) < 4.78 is 1.89. The maximum absolute atomic E-state index is 12.7. The second kappa shape index (κ2) is 7.00. The second-order valence-electron chi connectivity index (χ2n) is 6.42. The van der Waals surface area contributed by atoms with Crippen LogP contribution in [0, 0.1) is 0 Å². The minimum Gasteiger partial charge on any atom is -0.359 e. The molecule has 0 saturated heterocycles. The molecule has 0 fully saturated rings. The number of hydrogen-bond donors (Lipinski definition) is 1. The zero-order chi connectivity index (χ0) is 17.9. The number of fused-ring (bicyclic) bond motifs is 1. The van der Waals surface area contributed by atoms with Gasteiger partial charge in [-0.05, 0) is 37.1 Å². The van der Waals surface area contributed by atoms with Crippen LogP contribution in [0.1, 0.15) is 18.3 Å². The van der Waals surface area contributed by atoms with Crippen molar-refractivity contribution in [3.05, 3.63) is 72.3 Å². The molecule has 1 aromatic heterocycles. The summed E-state index contributed by atoms with van der Waals surface area (Å²) >= 11 is 0. The highest BCUT2D eigenvalue weighted by Gasteiger charge is 2.27. The molecule has 3 aromatic rings. The van der Waals surface area contributed by atoms with Crippen LogP contribution in [0.4, 0.5) is 5.69 Å². The molecular weight excluding hydrogens is 326 g/mol. The molecule has 0 saturated carbocycles. The number of anilines is 1. The molecule has 6 nitrogen and oxygen atoms in total. The molecular formula is C20H21N5O. The number of hydrogen-bond acceptors (Lipinski definition) is 4. The molecule has 1 aliphatic heterocycles. The van der Waals surface area contributed by atoms with E-state index in [0.717, 1.165) is 24.3 Å². The van der Waals surface area contributed by atoms with Crippen molar-refractivity contribution in [1.82, 2.24) is 20.1 Å². The van der Waals surface area contributed by atoms with Crippen molar-refractivity contribution in [2.45, 2.75) is 25.9 Å². The van der Waals surface area contributed by atoms with Crippen molar-refractivity contribution < 1.29 is 4.79 Å². The zero-order valence-corrected chi connectivity index (χ0v) is 14.7. The summed E-state index contributed by atoms with van der Waals surface area (Å²) in [6.07, 6.45) is 2.65. The Hall–Kier alpha value is -3.15. The molecule has 1 aliphatic rings. The van der Waals surface area contributed by atoms with Crippen molar-refractivity contribution in [3.8, 4) is 5.69 Å². The predicted octanol–water partition coefficient (Wildman–Crippen LogP) is 2.33. The highest BCUT2D eigenvalue weighted by atomic mass is 16.2. The topological polar surface area (TPSA) is 63.1 Å². The fourth-order valence-electron chi connectivity index (χ4n) is 3.41. The number of nitrogens with zero attached hydrogens (tertiary/aromatic N) is 4. The summed E-state index contributed by atoms with van der Waals surface area (Å²) in [6.45, 7) is 3.15. The third-order valence-corrected chi connectivity index (χ3v) is 4.84. The van der Waals surface area contributed by atoms with Crippen molar-refractivity contribution in [3.63, 3.8) is 0 Å². The Labute approximate surface area is 152 Å². The lowest BCUT2D eigenvalue weighted by Crippen LogP contribution is -2.44. The van der Waals surface area contributed by atoms with E-state index in [1.807, 2.05) is 54.0 Å². The van der Waals surface area contributed by atoms with E-state index < -0.39 is 0 Å².